The van der Waals surface area contributed by atoms with Crippen LogP contribution in [0.1, 0.15) is 45.5 Å². The maximum absolute atomic E-state index is 13.6. The zero-order chi connectivity index (χ0) is 29.6. The summed E-state index contributed by atoms with van der Waals surface area (Å²) in [6, 6.07) is 29.5. The average molecular weight is 579 g/mol. The van der Waals surface area contributed by atoms with Gasteiger partial charge in [-0.25, -0.2) is 0 Å². The fraction of sp³-hybridized carbons (Fsp3) is 0.231. The van der Waals surface area contributed by atoms with Crippen LogP contribution in [-0.2, 0) is 37.2 Å². The van der Waals surface area contributed by atoms with E-state index in [4.69, 9.17) is 9.47 Å². The highest BCUT2D eigenvalue weighted by Gasteiger charge is 2.34. The summed E-state index contributed by atoms with van der Waals surface area (Å²) < 4.78 is 14.2. The van der Waals surface area contributed by atoms with Crippen LogP contribution in [0.5, 0.6) is 5.75 Å². The number of benzene rings is 4. The summed E-state index contributed by atoms with van der Waals surface area (Å²) in [5, 5.41) is 2.46. The number of ketones is 1. The Hall–Kier alpha value is -4.74. The van der Waals surface area contributed by atoms with Crippen LogP contribution in [0.25, 0.3) is 44.2 Å². The second-order valence-electron chi connectivity index (χ2n) is 11.9. The quantitative estimate of drug-likeness (QED) is 0.170. The molecular formula is C39H34N2O3. The van der Waals surface area contributed by atoms with Gasteiger partial charge in [0.05, 0.1) is 24.9 Å². The first-order valence-electron chi connectivity index (χ1n) is 15.6. The normalized spacial score (nSPS) is 13.7. The second-order valence-corrected chi connectivity index (χ2v) is 11.9. The van der Waals surface area contributed by atoms with E-state index in [1.165, 1.54) is 49.6 Å². The molecule has 2 heterocycles. The summed E-state index contributed by atoms with van der Waals surface area (Å²) in [5.74, 6) is 1.13. The largest absolute Gasteiger partial charge is 0.497 e. The van der Waals surface area contributed by atoms with E-state index in [1.807, 2.05) is 30.5 Å². The SMILES string of the molecule is COc1ccc2c(c1)CCc1c-2c2c(c3c4cc(-c5ccccn5)ccc4n(CCCOCc4ccccc4)c13)CCC2=O. The minimum atomic E-state index is 0.262. The highest BCUT2D eigenvalue weighted by atomic mass is 16.5. The van der Waals surface area contributed by atoms with Crippen molar-refractivity contribution < 1.29 is 14.3 Å². The molecule has 8 rings (SSSR count). The summed E-state index contributed by atoms with van der Waals surface area (Å²) in [4.78, 5) is 18.3. The van der Waals surface area contributed by atoms with Crippen molar-refractivity contribution in [1.82, 2.24) is 9.55 Å². The molecule has 0 atom stereocenters. The molecule has 6 aromatic rings. The third-order valence-corrected chi connectivity index (χ3v) is 9.35. The highest BCUT2D eigenvalue weighted by molar-refractivity contribution is 6.20. The van der Waals surface area contributed by atoms with E-state index in [2.05, 4.69) is 70.2 Å². The Bertz CT molecular complexity index is 2040. The molecule has 5 heteroatoms. The van der Waals surface area contributed by atoms with Gasteiger partial charge in [-0.05, 0) is 95.5 Å². The van der Waals surface area contributed by atoms with Crippen LogP contribution >= 0.6 is 0 Å². The van der Waals surface area contributed by atoms with E-state index in [0.29, 0.717) is 19.6 Å². The molecule has 0 radical (unpaired) electrons. The van der Waals surface area contributed by atoms with Crippen molar-refractivity contribution >= 4 is 27.6 Å². The van der Waals surface area contributed by atoms with Crippen molar-refractivity contribution in [3.63, 3.8) is 0 Å². The number of rotatable bonds is 8. The molecular weight excluding hydrogens is 544 g/mol. The molecule has 44 heavy (non-hydrogen) atoms. The highest BCUT2D eigenvalue weighted by Crippen LogP contribution is 2.49. The lowest BCUT2D eigenvalue weighted by Gasteiger charge is -2.25. The maximum Gasteiger partial charge on any atom is 0.164 e. The molecule has 2 aromatic heterocycles. The molecule has 2 aliphatic rings. The van der Waals surface area contributed by atoms with Gasteiger partial charge in [0.2, 0.25) is 0 Å². The van der Waals surface area contributed by atoms with Crippen LogP contribution in [0, 0.1) is 0 Å². The number of hydrogen-bond acceptors (Lipinski definition) is 4. The standard InChI is InChI=1S/C39H34N2O3/c1-43-28-13-15-29-26(22-28)11-14-31-36(29)38-30(16-18-35(38)42)37-32-23-27(33-10-5-6-19-40-33)12-17-34(32)41(39(31)37)20-7-21-44-24-25-8-3-2-4-9-25/h2-6,8-10,12-13,15,17,19,22-23H,7,11,14,16,18,20-21,24H2,1H3. The molecule has 0 spiro atoms. The summed E-state index contributed by atoms with van der Waals surface area (Å²) >= 11 is 0. The smallest absolute Gasteiger partial charge is 0.164 e. The lowest BCUT2D eigenvalue weighted by molar-refractivity contribution is 0.0995. The summed E-state index contributed by atoms with van der Waals surface area (Å²) in [5.41, 5.74) is 12.8. The van der Waals surface area contributed by atoms with Gasteiger partial charge < -0.3 is 14.0 Å². The maximum atomic E-state index is 13.6. The van der Waals surface area contributed by atoms with Gasteiger partial charge >= 0.3 is 0 Å². The third kappa shape index (κ3) is 4.42. The van der Waals surface area contributed by atoms with Crippen molar-refractivity contribution in [2.75, 3.05) is 13.7 Å². The lowest BCUT2D eigenvalue weighted by atomic mass is 9.80. The summed E-state index contributed by atoms with van der Waals surface area (Å²) in [6.45, 7) is 2.13. The number of aromatic nitrogens is 2. The van der Waals surface area contributed by atoms with Crippen molar-refractivity contribution in [3.8, 4) is 28.1 Å². The fourth-order valence-corrected chi connectivity index (χ4v) is 7.40. The predicted octanol–water partition coefficient (Wildman–Crippen LogP) is 8.37. The van der Waals surface area contributed by atoms with Crippen LogP contribution < -0.4 is 4.74 Å². The average Bonchev–Trinajstić information content (AvgIpc) is 3.62. The van der Waals surface area contributed by atoms with Crippen LogP contribution in [0.15, 0.2) is 91.1 Å². The lowest BCUT2D eigenvalue weighted by Crippen LogP contribution is -2.12. The van der Waals surface area contributed by atoms with Gasteiger partial charge in [0.1, 0.15) is 5.75 Å². The van der Waals surface area contributed by atoms with Gasteiger partial charge in [-0.3, -0.25) is 9.78 Å². The van der Waals surface area contributed by atoms with E-state index in [9.17, 15) is 4.79 Å². The van der Waals surface area contributed by atoms with Crippen LogP contribution in [0.2, 0.25) is 0 Å². The number of carbonyl (C=O) groups is 1. The van der Waals surface area contributed by atoms with Crippen molar-refractivity contribution in [3.05, 3.63) is 119 Å². The van der Waals surface area contributed by atoms with Gasteiger partial charge in [0.25, 0.3) is 0 Å². The van der Waals surface area contributed by atoms with Crippen LogP contribution in [-0.4, -0.2) is 29.1 Å². The van der Waals surface area contributed by atoms with E-state index in [1.54, 1.807) is 7.11 Å². The second kappa shape index (κ2) is 11.1. The molecule has 0 amide bonds. The zero-order valence-corrected chi connectivity index (χ0v) is 24.9. The Morgan fingerprint density at radius 3 is 2.55 bits per heavy atom. The summed E-state index contributed by atoms with van der Waals surface area (Å²) in [7, 11) is 1.71. The third-order valence-electron chi connectivity index (χ3n) is 9.35. The van der Waals surface area contributed by atoms with E-state index >= 15 is 0 Å². The van der Waals surface area contributed by atoms with E-state index < -0.39 is 0 Å². The molecule has 0 fully saturated rings. The van der Waals surface area contributed by atoms with Crippen LogP contribution in [0.3, 0.4) is 0 Å². The first-order valence-corrected chi connectivity index (χ1v) is 15.6. The van der Waals surface area contributed by atoms with Crippen molar-refractivity contribution in [2.24, 2.45) is 0 Å². The number of pyridine rings is 1. The molecule has 5 nitrogen and oxygen atoms in total. The number of nitrogens with zero attached hydrogens (tertiary/aromatic N) is 2. The Morgan fingerprint density at radius 1 is 0.841 bits per heavy atom. The molecule has 4 aromatic carbocycles. The number of ether oxygens (including phenoxy) is 2. The fourth-order valence-electron chi connectivity index (χ4n) is 7.40. The number of methoxy groups -OCH3 is 1. The Balaban J connectivity index is 1.30. The van der Waals surface area contributed by atoms with Gasteiger partial charge in [-0.1, -0.05) is 48.5 Å². The first-order chi connectivity index (χ1) is 21.7. The number of hydrogen-bond donors (Lipinski definition) is 0. The Labute approximate surface area is 257 Å². The van der Waals surface area contributed by atoms with Gasteiger partial charge in [0.15, 0.2) is 5.78 Å². The van der Waals surface area contributed by atoms with Gasteiger partial charge in [-0.2, -0.15) is 0 Å². The first kappa shape index (κ1) is 26.9. The number of Topliss-reactive ketones (excluding diaryl/α,β-unsaturated/α-hetero) is 1. The van der Waals surface area contributed by atoms with Crippen LogP contribution in [0.4, 0.5) is 0 Å². The molecule has 2 aliphatic carbocycles. The molecule has 0 bridgehead atoms. The van der Waals surface area contributed by atoms with E-state index in [-0.39, 0.29) is 5.78 Å². The molecule has 0 unspecified atom stereocenters. The van der Waals surface area contributed by atoms with Crippen molar-refractivity contribution in [2.45, 2.75) is 45.3 Å². The van der Waals surface area contributed by atoms with Gasteiger partial charge in [0, 0.05) is 53.2 Å². The number of aryl methyl sites for hydroxylation is 4. The molecule has 0 N–H and O–H groups in total. The molecule has 218 valence electrons. The Kier molecular flexibility index (Phi) is 6.76. The number of carbonyl (C=O) groups excluding carboxylic acids is 1. The zero-order valence-electron chi connectivity index (χ0n) is 24.9. The summed E-state index contributed by atoms with van der Waals surface area (Å²) in [6.07, 6.45) is 5.88. The molecule has 0 saturated heterocycles. The number of fused-ring (bicyclic) bond motifs is 10. The van der Waals surface area contributed by atoms with Gasteiger partial charge in [-0.15, -0.1) is 0 Å². The van der Waals surface area contributed by atoms with Crippen molar-refractivity contribution in [1.29, 1.82) is 0 Å². The minimum Gasteiger partial charge on any atom is -0.497 e. The Morgan fingerprint density at radius 2 is 1.70 bits per heavy atom. The minimum absolute atomic E-state index is 0.262. The molecule has 0 aliphatic heterocycles. The topological polar surface area (TPSA) is 53.4 Å². The monoisotopic (exact) mass is 578 g/mol. The predicted molar refractivity (Wildman–Crippen MR) is 175 cm³/mol. The molecule has 0 saturated carbocycles. The van der Waals surface area contributed by atoms with E-state index in [0.717, 1.165) is 60.4 Å².